The van der Waals surface area contributed by atoms with E-state index in [1.165, 1.54) is 0 Å². The van der Waals surface area contributed by atoms with Crippen LogP contribution >= 0.6 is 11.8 Å². The Balaban J connectivity index is 2.98. The number of carbonyl (C=O) groups excluding carboxylic acids is 3. The number of rotatable bonds is 14. The van der Waals surface area contributed by atoms with E-state index < -0.39 is 11.0 Å². The van der Waals surface area contributed by atoms with Gasteiger partial charge in [0.05, 0.1) is 30.8 Å². The number of hydrogen-bond donors (Lipinski definition) is 0. The Kier molecular flexibility index (Phi) is 12.3. The van der Waals surface area contributed by atoms with Gasteiger partial charge in [0.1, 0.15) is 5.60 Å². The fourth-order valence-corrected chi connectivity index (χ4v) is 4.81. The van der Waals surface area contributed by atoms with Gasteiger partial charge in [0.2, 0.25) is 0 Å². The summed E-state index contributed by atoms with van der Waals surface area (Å²) in [7, 11) is 0. The molecule has 1 atom stereocenters. The number of thioether (sulfide) groups is 1. The Morgan fingerprint density at radius 3 is 2.11 bits per heavy atom. The zero-order valence-corrected chi connectivity index (χ0v) is 23.6. The summed E-state index contributed by atoms with van der Waals surface area (Å²) in [4.78, 5) is 37.0. The predicted octanol–water partition coefficient (Wildman–Crippen LogP) is 5.88. The van der Waals surface area contributed by atoms with Crippen LogP contribution in [0.4, 0.5) is 0 Å². The molecule has 0 aliphatic heterocycles. The third-order valence-corrected chi connectivity index (χ3v) is 7.04. The van der Waals surface area contributed by atoms with E-state index in [1.807, 2.05) is 52.0 Å². The molecule has 1 aromatic carbocycles. The summed E-state index contributed by atoms with van der Waals surface area (Å²) >= 11 is 1.58. The summed E-state index contributed by atoms with van der Waals surface area (Å²) in [5.41, 5.74) is 0.183. The quantitative estimate of drug-likeness (QED) is 0.229. The van der Waals surface area contributed by atoms with Crippen LogP contribution < -0.4 is 0 Å². The molecule has 0 heterocycles. The zero-order chi connectivity index (χ0) is 26.7. The normalized spacial score (nSPS) is 13.6. The van der Waals surface area contributed by atoms with E-state index in [2.05, 4.69) is 13.8 Å². The fraction of sp³-hybridized carbons (Fsp3) is 0.679. The minimum Gasteiger partial charge on any atom is -0.466 e. The van der Waals surface area contributed by atoms with E-state index >= 15 is 0 Å². The van der Waals surface area contributed by atoms with Crippen molar-refractivity contribution in [2.75, 3.05) is 24.7 Å². The Morgan fingerprint density at radius 2 is 1.51 bits per heavy atom. The fourth-order valence-electron chi connectivity index (χ4n) is 3.76. The minimum absolute atomic E-state index is 0.00222. The van der Waals surface area contributed by atoms with Crippen molar-refractivity contribution in [1.82, 2.24) is 0 Å². The number of carbonyl (C=O) groups is 3. The highest BCUT2D eigenvalue weighted by Gasteiger charge is 2.39. The molecule has 35 heavy (non-hydrogen) atoms. The van der Waals surface area contributed by atoms with Crippen LogP contribution in [0, 0.1) is 5.41 Å². The van der Waals surface area contributed by atoms with E-state index in [0.717, 1.165) is 29.7 Å². The maximum absolute atomic E-state index is 13.4. The maximum atomic E-state index is 13.4. The summed E-state index contributed by atoms with van der Waals surface area (Å²) < 4.78 is 15.9. The first kappa shape index (κ1) is 31.0. The van der Waals surface area contributed by atoms with Crippen molar-refractivity contribution in [3.05, 3.63) is 35.4 Å². The summed E-state index contributed by atoms with van der Waals surface area (Å²) in [6.45, 7) is 16.2. The molecule has 0 aliphatic carbocycles. The van der Waals surface area contributed by atoms with Gasteiger partial charge in [-0.3, -0.25) is 14.4 Å². The van der Waals surface area contributed by atoms with Gasteiger partial charge in [-0.25, -0.2) is 0 Å². The highest BCUT2D eigenvalue weighted by atomic mass is 32.2. The van der Waals surface area contributed by atoms with Gasteiger partial charge >= 0.3 is 17.9 Å². The monoisotopic (exact) mass is 508 g/mol. The molecule has 0 fully saturated rings. The Bertz CT molecular complexity index is 842. The van der Waals surface area contributed by atoms with Crippen LogP contribution in [0.15, 0.2) is 24.3 Å². The molecule has 0 bridgehead atoms. The summed E-state index contributed by atoms with van der Waals surface area (Å²) in [5, 5.41) is 0. The third kappa shape index (κ3) is 11.5. The zero-order valence-electron chi connectivity index (χ0n) is 22.8. The molecule has 0 aromatic heterocycles. The molecule has 1 aromatic rings. The number of ether oxygens (including phenoxy) is 3. The first-order valence-electron chi connectivity index (χ1n) is 12.4. The van der Waals surface area contributed by atoms with Crippen LogP contribution in [0.25, 0.3) is 0 Å². The smallest absolute Gasteiger partial charge is 0.316 e. The number of benzene rings is 1. The first-order valence-corrected chi connectivity index (χ1v) is 13.6. The second-order valence-electron chi connectivity index (χ2n) is 10.8. The molecule has 0 spiro atoms. The van der Waals surface area contributed by atoms with Gasteiger partial charge in [-0.15, -0.1) is 11.8 Å². The van der Waals surface area contributed by atoms with Crippen molar-refractivity contribution in [2.45, 2.75) is 92.1 Å². The predicted molar refractivity (Wildman–Crippen MR) is 142 cm³/mol. The second-order valence-corrected chi connectivity index (χ2v) is 11.8. The van der Waals surface area contributed by atoms with Gasteiger partial charge in [-0.2, -0.15) is 0 Å². The van der Waals surface area contributed by atoms with E-state index in [1.54, 1.807) is 25.6 Å². The lowest BCUT2D eigenvalue weighted by Gasteiger charge is -2.33. The standard InChI is InChI=1S/C28H44O6S/c1-9-32-23(29)18-21-13-11-14-22(17-21)28(8,25(31)34-26(3,4)5)16-12-15-27(6,7)20-35-19-24(30)33-10-2/h11,13-14,17H,9-10,12,15-16,18-20H2,1-8H3. The average molecular weight is 509 g/mol. The molecule has 0 N–H and O–H groups in total. The van der Waals surface area contributed by atoms with Gasteiger partial charge < -0.3 is 14.2 Å². The highest BCUT2D eigenvalue weighted by molar-refractivity contribution is 7.99. The van der Waals surface area contributed by atoms with E-state index in [4.69, 9.17) is 14.2 Å². The Labute approximate surface area is 215 Å². The molecule has 1 unspecified atom stereocenters. The highest BCUT2D eigenvalue weighted by Crippen LogP contribution is 2.36. The largest absolute Gasteiger partial charge is 0.466 e. The Morgan fingerprint density at radius 1 is 0.886 bits per heavy atom. The van der Waals surface area contributed by atoms with E-state index in [-0.39, 0.29) is 29.7 Å². The molecule has 7 heteroatoms. The van der Waals surface area contributed by atoms with Gasteiger partial charge in [0, 0.05) is 0 Å². The molecule has 0 saturated heterocycles. The van der Waals surface area contributed by atoms with Gasteiger partial charge in [0.15, 0.2) is 0 Å². The topological polar surface area (TPSA) is 78.9 Å². The van der Waals surface area contributed by atoms with Crippen LogP contribution in [-0.2, 0) is 40.4 Å². The second kappa shape index (κ2) is 13.9. The van der Waals surface area contributed by atoms with Gasteiger partial charge in [-0.05, 0) is 76.7 Å². The van der Waals surface area contributed by atoms with Crippen molar-refractivity contribution in [3.8, 4) is 0 Å². The first-order chi connectivity index (χ1) is 16.2. The lowest BCUT2D eigenvalue weighted by molar-refractivity contribution is -0.162. The number of hydrogen-bond acceptors (Lipinski definition) is 7. The van der Waals surface area contributed by atoms with Crippen LogP contribution in [0.5, 0.6) is 0 Å². The lowest BCUT2D eigenvalue weighted by Crippen LogP contribution is -2.39. The lowest BCUT2D eigenvalue weighted by atomic mass is 9.75. The van der Waals surface area contributed by atoms with Gasteiger partial charge in [0.25, 0.3) is 0 Å². The molecule has 198 valence electrons. The molecule has 0 aliphatic rings. The molecule has 1 rings (SSSR count). The van der Waals surface area contributed by atoms with E-state index in [9.17, 15) is 14.4 Å². The minimum atomic E-state index is -0.855. The van der Waals surface area contributed by atoms with Crippen molar-refractivity contribution in [2.24, 2.45) is 5.41 Å². The molecule has 0 saturated carbocycles. The summed E-state index contributed by atoms with van der Waals surface area (Å²) in [6.07, 6.45) is 2.47. The van der Waals surface area contributed by atoms with Crippen LogP contribution in [-0.4, -0.2) is 48.2 Å². The molecule has 0 amide bonds. The van der Waals surface area contributed by atoms with Crippen molar-refractivity contribution in [1.29, 1.82) is 0 Å². The Hall–Kier alpha value is -2.02. The van der Waals surface area contributed by atoms with Gasteiger partial charge in [-0.1, -0.05) is 44.5 Å². The molecular formula is C28H44O6S. The van der Waals surface area contributed by atoms with Crippen LogP contribution in [0.2, 0.25) is 0 Å². The van der Waals surface area contributed by atoms with Crippen molar-refractivity contribution >= 4 is 29.7 Å². The molecule has 6 nitrogen and oxygen atoms in total. The van der Waals surface area contributed by atoms with Crippen molar-refractivity contribution < 1.29 is 28.6 Å². The van der Waals surface area contributed by atoms with Crippen LogP contribution in [0.1, 0.15) is 85.8 Å². The molecular weight excluding hydrogens is 464 g/mol. The SMILES string of the molecule is CCOC(=O)CSCC(C)(C)CCCC(C)(C(=O)OC(C)(C)C)c1cccc(CC(=O)OCC)c1. The summed E-state index contributed by atoms with van der Waals surface area (Å²) in [6, 6.07) is 7.60. The average Bonchev–Trinajstić information content (AvgIpc) is 2.72. The number of esters is 3. The molecule has 0 radical (unpaired) electrons. The summed E-state index contributed by atoms with van der Waals surface area (Å²) in [5.74, 6) is 0.427. The van der Waals surface area contributed by atoms with Crippen LogP contribution in [0.3, 0.4) is 0 Å². The van der Waals surface area contributed by atoms with Crippen molar-refractivity contribution in [3.63, 3.8) is 0 Å². The third-order valence-electron chi connectivity index (χ3n) is 5.62. The maximum Gasteiger partial charge on any atom is 0.316 e. The van der Waals surface area contributed by atoms with E-state index in [0.29, 0.717) is 25.4 Å².